The van der Waals surface area contributed by atoms with E-state index in [0.717, 1.165) is 34.2 Å². The normalized spacial score (nSPS) is 13.3. The van der Waals surface area contributed by atoms with Crippen LogP contribution in [0.3, 0.4) is 0 Å². The predicted molar refractivity (Wildman–Crippen MR) is 297 cm³/mol. The number of hydrogen-bond donors (Lipinski definition) is 0. The molecule has 0 radical (unpaired) electrons. The highest BCUT2D eigenvalue weighted by Gasteiger charge is 2.29. The Kier molecular flexibility index (Phi) is 14.7. The van der Waals surface area contributed by atoms with Crippen molar-refractivity contribution in [1.29, 1.82) is 0 Å². The summed E-state index contributed by atoms with van der Waals surface area (Å²) in [6.45, 7) is 22.5. The molecule has 2 nitrogen and oxygen atoms in total. The van der Waals surface area contributed by atoms with Crippen LogP contribution in [0.5, 0.6) is 0 Å². The number of thioether (sulfide) groups is 1. The maximum atomic E-state index is 4.62. The number of hydrogen-bond acceptors (Lipinski definition) is 3. The molecule has 63 heavy (non-hydrogen) atoms. The van der Waals surface area contributed by atoms with Crippen LogP contribution in [0.2, 0.25) is 0 Å². The van der Waals surface area contributed by atoms with Crippen LogP contribution in [0.25, 0.3) is 21.5 Å². The monoisotopic (exact) mass is 908 g/mol. The average Bonchev–Trinajstić information content (AvgIpc) is 3.25. The minimum Gasteiger partial charge on any atom is -0.310 e. The molecule has 2 unspecified atom stereocenters. The van der Waals surface area contributed by atoms with Gasteiger partial charge in [-0.15, -0.1) is 24.9 Å². The Morgan fingerprint density at radius 3 is 1.37 bits per heavy atom. The fourth-order valence-electron chi connectivity index (χ4n) is 8.52. The van der Waals surface area contributed by atoms with Crippen LogP contribution >= 0.6 is 42.8 Å². The van der Waals surface area contributed by atoms with Crippen LogP contribution in [0, 0.1) is 0 Å². The second-order valence-electron chi connectivity index (χ2n) is 18.8. The van der Waals surface area contributed by atoms with Crippen LogP contribution in [0.1, 0.15) is 59.6 Å². The maximum Gasteiger partial charge on any atom is 0.0483 e. The lowest BCUT2D eigenvalue weighted by Crippen LogP contribution is -2.19. The summed E-state index contributed by atoms with van der Waals surface area (Å²) in [7, 11) is -1.24. The van der Waals surface area contributed by atoms with E-state index in [1.807, 2.05) is 0 Å². The van der Waals surface area contributed by atoms with E-state index in [2.05, 4.69) is 248 Å². The first-order valence-electron chi connectivity index (χ1n) is 21.5. The standard InChI is InChI=1S/C55H64N2S4.C2H4/c1-15-60(11)46-32-43(33-47(37-46)61(12,13)14)57(39-24-20-17-21-25-39)41-27-29-49-51(35-41)53(55(5,6)7)48-28-26-40(34-50(48)52(49)54(2,3)4)56(38-22-18-16-19-23-38)42-30-44(58-8)36-45(31-42)59(9)10;1-2/h16-37H,9,11,15H2,1-8,10,12-14H3;1-2H2. The molecule has 0 amide bonds. The van der Waals surface area contributed by atoms with E-state index in [9.17, 15) is 0 Å². The summed E-state index contributed by atoms with van der Waals surface area (Å²) in [6, 6.07) is 50.4. The van der Waals surface area contributed by atoms with Crippen LogP contribution < -0.4 is 9.80 Å². The first-order chi connectivity index (χ1) is 29.8. The van der Waals surface area contributed by atoms with E-state index in [4.69, 9.17) is 0 Å². The summed E-state index contributed by atoms with van der Waals surface area (Å²) in [5.41, 5.74) is 9.38. The van der Waals surface area contributed by atoms with Gasteiger partial charge in [-0.2, -0.15) is 21.0 Å². The molecule has 0 saturated heterocycles. The number of rotatable bonds is 11. The highest BCUT2D eigenvalue weighted by atomic mass is 32.3. The number of anilines is 6. The van der Waals surface area contributed by atoms with Gasteiger partial charge in [0.1, 0.15) is 0 Å². The molecule has 330 valence electrons. The first-order valence-corrected chi connectivity index (χ1v) is 29.0. The molecule has 0 aliphatic rings. The topological polar surface area (TPSA) is 6.48 Å². The number of benzene rings is 7. The van der Waals surface area contributed by atoms with Gasteiger partial charge < -0.3 is 9.80 Å². The second-order valence-corrected chi connectivity index (χ2v) is 27.6. The van der Waals surface area contributed by atoms with Gasteiger partial charge in [0.2, 0.25) is 0 Å². The van der Waals surface area contributed by atoms with E-state index in [1.54, 1.807) is 11.8 Å². The van der Waals surface area contributed by atoms with Crippen LogP contribution in [-0.4, -0.2) is 48.8 Å². The average molecular weight is 909 g/mol. The molecule has 7 aromatic carbocycles. The van der Waals surface area contributed by atoms with E-state index >= 15 is 0 Å². The zero-order chi connectivity index (χ0) is 46.0. The highest BCUT2D eigenvalue weighted by Crippen LogP contribution is 2.52. The predicted octanol–water partition coefficient (Wildman–Crippen LogP) is 17.9. The van der Waals surface area contributed by atoms with Gasteiger partial charge in [-0.1, -0.05) is 109 Å². The number of para-hydroxylation sites is 2. The zero-order valence-electron chi connectivity index (χ0n) is 39.8. The summed E-state index contributed by atoms with van der Waals surface area (Å²) in [4.78, 5) is 10.1. The fraction of sp³-hybridized carbons (Fsp3) is 0.263. The highest BCUT2D eigenvalue weighted by molar-refractivity contribution is 8.32. The van der Waals surface area contributed by atoms with Crippen molar-refractivity contribution < 1.29 is 0 Å². The molecule has 0 spiro atoms. The molecule has 0 aliphatic carbocycles. The largest absolute Gasteiger partial charge is 0.310 e. The van der Waals surface area contributed by atoms with Crippen LogP contribution in [0.15, 0.2) is 166 Å². The molecule has 7 rings (SSSR count). The van der Waals surface area contributed by atoms with Crippen molar-refractivity contribution in [2.75, 3.05) is 46.8 Å². The van der Waals surface area contributed by atoms with Crippen molar-refractivity contribution in [2.45, 2.75) is 78.9 Å². The summed E-state index contributed by atoms with van der Waals surface area (Å²) >= 11 is 1.79. The number of fused-ring (bicyclic) bond motifs is 2. The van der Waals surface area contributed by atoms with Gasteiger partial charge in [-0.3, -0.25) is 0 Å². The summed E-state index contributed by atoms with van der Waals surface area (Å²) < 4.78 is 0. The van der Waals surface area contributed by atoms with Crippen molar-refractivity contribution in [3.63, 3.8) is 0 Å². The second kappa shape index (κ2) is 19.3. The molecular weight excluding hydrogens is 841 g/mol. The minimum atomic E-state index is -1.01. The third kappa shape index (κ3) is 10.3. The Morgan fingerprint density at radius 1 is 0.524 bits per heavy atom. The summed E-state index contributed by atoms with van der Waals surface area (Å²) in [5.74, 6) is 10.1. The van der Waals surface area contributed by atoms with Crippen molar-refractivity contribution in [3.8, 4) is 0 Å². The van der Waals surface area contributed by atoms with E-state index in [-0.39, 0.29) is 31.8 Å². The molecule has 0 aliphatic heterocycles. The van der Waals surface area contributed by atoms with Gasteiger partial charge in [-0.05, 0) is 170 Å². The van der Waals surface area contributed by atoms with E-state index in [1.165, 1.54) is 57.9 Å². The van der Waals surface area contributed by atoms with Crippen molar-refractivity contribution >= 4 is 110 Å². The zero-order valence-corrected chi connectivity index (χ0v) is 43.0. The molecular formula is C57H68N2S4. The molecule has 0 heterocycles. The summed E-state index contributed by atoms with van der Waals surface area (Å²) in [5, 5.41) is 5.23. The molecule has 7 aromatic rings. The van der Waals surface area contributed by atoms with Crippen molar-refractivity contribution in [1.82, 2.24) is 0 Å². The molecule has 0 fully saturated rings. The molecule has 6 heteroatoms. The maximum absolute atomic E-state index is 4.62. The molecule has 2 atom stereocenters. The molecule has 0 N–H and O–H groups in total. The number of nitrogens with zero attached hydrogens (tertiary/aromatic N) is 2. The van der Waals surface area contributed by atoms with Gasteiger partial charge >= 0.3 is 0 Å². The Bertz CT molecular complexity index is 2790. The Hall–Kier alpha value is -4.46. The van der Waals surface area contributed by atoms with Gasteiger partial charge in [0.05, 0.1) is 0 Å². The van der Waals surface area contributed by atoms with Gasteiger partial charge in [0.15, 0.2) is 0 Å². The Balaban J connectivity index is 0.00000326. The quantitative estimate of drug-likeness (QED) is 0.0553. The Labute approximate surface area is 391 Å². The van der Waals surface area contributed by atoms with Crippen LogP contribution in [-0.2, 0) is 10.8 Å². The van der Waals surface area contributed by atoms with Crippen molar-refractivity contribution in [2.24, 2.45) is 0 Å². The summed E-state index contributed by atoms with van der Waals surface area (Å²) in [6.07, 6.45) is 11.6. The van der Waals surface area contributed by atoms with E-state index in [0.29, 0.717) is 0 Å². The lowest BCUT2D eigenvalue weighted by atomic mass is 9.74. The molecule has 0 bridgehead atoms. The Morgan fingerprint density at radius 2 is 0.968 bits per heavy atom. The minimum absolute atomic E-state index is 0.0974. The molecule has 0 saturated carbocycles. The first kappa shape index (κ1) is 48.0. The third-order valence-corrected chi connectivity index (χ3v) is 16.4. The fourth-order valence-corrected chi connectivity index (χ4v) is 11.7. The van der Waals surface area contributed by atoms with Crippen molar-refractivity contribution in [3.05, 3.63) is 158 Å². The third-order valence-electron chi connectivity index (χ3n) is 11.4. The lowest BCUT2D eigenvalue weighted by Gasteiger charge is -2.34. The van der Waals surface area contributed by atoms with Gasteiger partial charge in [-0.25, -0.2) is 10.0 Å². The van der Waals surface area contributed by atoms with Gasteiger partial charge in [0, 0.05) is 48.8 Å². The smallest absolute Gasteiger partial charge is 0.0483 e. The SMILES string of the molecule is C=C.C=S(C)c1cc(SC)cc(N(c2ccccc2)c2ccc3c(C(C)(C)C)c4cc(N(c5ccccc5)c5cc(S(=C)CC)cc(S(C)(C)C)c5)ccc4c(C(C)(C)C)c3c2)c1. The molecule has 0 aromatic heterocycles. The van der Waals surface area contributed by atoms with Crippen LogP contribution in [0.4, 0.5) is 34.1 Å². The van der Waals surface area contributed by atoms with E-state index < -0.39 is 10.0 Å². The van der Waals surface area contributed by atoms with Gasteiger partial charge in [0.25, 0.3) is 0 Å². The lowest BCUT2D eigenvalue weighted by molar-refractivity contribution is 0.593.